The van der Waals surface area contributed by atoms with Crippen molar-refractivity contribution in [1.29, 1.82) is 0 Å². The van der Waals surface area contributed by atoms with Crippen LogP contribution >= 0.6 is 12.2 Å². The molecule has 3 unspecified atom stereocenters. The third-order valence-electron chi connectivity index (χ3n) is 5.78. The number of dihydropyridines is 1. The van der Waals surface area contributed by atoms with Gasteiger partial charge in [-0.15, -0.1) is 0 Å². The van der Waals surface area contributed by atoms with Crippen LogP contribution < -0.4 is 9.47 Å². The van der Waals surface area contributed by atoms with Crippen molar-refractivity contribution in [3.63, 3.8) is 0 Å². The fraction of sp³-hybridized carbons (Fsp3) is 0.364. The van der Waals surface area contributed by atoms with Crippen LogP contribution in [0.25, 0.3) is 0 Å². The summed E-state index contributed by atoms with van der Waals surface area (Å²) < 4.78 is 10.9. The predicted molar refractivity (Wildman–Crippen MR) is 111 cm³/mol. The van der Waals surface area contributed by atoms with Crippen molar-refractivity contribution >= 4 is 22.9 Å². The van der Waals surface area contributed by atoms with E-state index in [4.69, 9.17) is 26.7 Å². The van der Waals surface area contributed by atoms with E-state index in [9.17, 15) is 0 Å². The SMILES string of the molecule is CCN1C(=S)C2=CC2/C(=C\C2C=CC(c3ccc4c(c3)OCO4)=NC2)C1C. The Morgan fingerprint density at radius 3 is 2.93 bits per heavy atom. The van der Waals surface area contributed by atoms with Crippen LogP contribution in [0.3, 0.4) is 0 Å². The van der Waals surface area contributed by atoms with E-state index in [1.807, 2.05) is 18.2 Å². The zero-order chi connectivity index (χ0) is 18.5. The van der Waals surface area contributed by atoms with E-state index in [2.05, 4.69) is 43.1 Å². The molecule has 3 atom stereocenters. The van der Waals surface area contributed by atoms with Gasteiger partial charge in [-0.25, -0.2) is 0 Å². The van der Waals surface area contributed by atoms with Gasteiger partial charge in [0.05, 0.1) is 5.71 Å². The molecule has 0 amide bonds. The first-order valence-corrected chi connectivity index (χ1v) is 9.93. The van der Waals surface area contributed by atoms with E-state index >= 15 is 0 Å². The topological polar surface area (TPSA) is 34.1 Å². The number of aliphatic imine (C=N–C) groups is 1. The molecule has 138 valence electrons. The summed E-state index contributed by atoms with van der Waals surface area (Å²) in [5.41, 5.74) is 4.87. The summed E-state index contributed by atoms with van der Waals surface area (Å²) in [4.78, 5) is 8.18. The fourth-order valence-corrected chi connectivity index (χ4v) is 4.67. The first kappa shape index (κ1) is 16.8. The van der Waals surface area contributed by atoms with Gasteiger partial charge in [-0.1, -0.05) is 30.4 Å². The Kier molecular flexibility index (Phi) is 3.93. The van der Waals surface area contributed by atoms with Crippen molar-refractivity contribution < 1.29 is 9.47 Å². The van der Waals surface area contributed by atoms with E-state index in [-0.39, 0.29) is 0 Å². The van der Waals surface area contributed by atoms with Crippen LogP contribution in [0.15, 0.2) is 58.6 Å². The average molecular weight is 378 g/mol. The van der Waals surface area contributed by atoms with Gasteiger partial charge in [-0.2, -0.15) is 0 Å². The molecule has 5 heteroatoms. The van der Waals surface area contributed by atoms with Gasteiger partial charge < -0.3 is 14.4 Å². The van der Waals surface area contributed by atoms with Crippen molar-refractivity contribution in [2.24, 2.45) is 16.8 Å². The Bertz CT molecular complexity index is 944. The highest BCUT2D eigenvalue weighted by Crippen LogP contribution is 2.45. The number of hydrogen-bond donors (Lipinski definition) is 0. The maximum absolute atomic E-state index is 5.60. The molecule has 0 aromatic heterocycles. The second kappa shape index (κ2) is 6.34. The smallest absolute Gasteiger partial charge is 0.231 e. The Morgan fingerprint density at radius 2 is 2.15 bits per heavy atom. The summed E-state index contributed by atoms with van der Waals surface area (Å²) in [6, 6.07) is 6.36. The van der Waals surface area contributed by atoms with E-state index in [0.717, 1.165) is 40.9 Å². The maximum atomic E-state index is 5.60. The molecule has 27 heavy (non-hydrogen) atoms. The summed E-state index contributed by atoms with van der Waals surface area (Å²) in [6.45, 7) is 6.46. The van der Waals surface area contributed by atoms with Crippen molar-refractivity contribution in [3.8, 4) is 11.5 Å². The standard InChI is InChI=1S/C22H22N2O2S/c1-3-24-13(2)16(17-10-18(17)22(24)27)8-14-4-6-19(23-11-14)15-5-7-20-21(9-15)26-12-25-20/h4-10,13-14,17H,3,11-12H2,1-2H3/b16-8-. The molecule has 1 fully saturated rings. The van der Waals surface area contributed by atoms with Crippen molar-refractivity contribution in [2.75, 3.05) is 19.9 Å². The number of likely N-dealkylation sites (N-methyl/N-ethyl adjacent to an activating group) is 1. The number of likely N-dealkylation sites (tertiary alicyclic amines) is 1. The number of ether oxygens (including phenoxy) is 2. The highest BCUT2D eigenvalue weighted by Gasteiger charge is 2.42. The zero-order valence-electron chi connectivity index (χ0n) is 15.5. The number of fused-ring (bicyclic) bond motifs is 2. The Labute approximate surface area is 164 Å². The lowest BCUT2D eigenvalue weighted by molar-refractivity contribution is 0.174. The minimum absolute atomic E-state index is 0.296. The number of allylic oxidation sites excluding steroid dienone is 2. The molecular weight excluding hydrogens is 356 g/mol. The molecule has 4 nitrogen and oxygen atoms in total. The van der Waals surface area contributed by atoms with Crippen LogP contribution in [0.2, 0.25) is 0 Å². The summed E-state index contributed by atoms with van der Waals surface area (Å²) in [5.74, 6) is 2.40. The third-order valence-corrected chi connectivity index (χ3v) is 6.25. The van der Waals surface area contributed by atoms with Gasteiger partial charge in [0, 0.05) is 36.5 Å². The van der Waals surface area contributed by atoms with Crippen LogP contribution in [0.1, 0.15) is 19.4 Å². The van der Waals surface area contributed by atoms with Gasteiger partial charge in [0.1, 0.15) is 4.99 Å². The Balaban J connectivity index is 1.33. The number of nitrogens with zero attached hydrogens (tertiary/aromatic N) is 2. The normalized spacial score (nSPS) is 29.6. The average Bonchev–Trinajstić information content (AvgIpc) is 3.35. The van der Waals surface area contributed by atoms with Crippen LogP contribution in [0, 0.1) is 11.8 Å². The molecule has 3 aliphatic heterocycles. The van der Waals surface area contributed by atoms with Gasteiger partial charge in [0.2, 0.25) is 6.79 Å². The molecule has 5 rings (SSSR count). The minimum Gasteiger partial charge on any atom is -0.454 e. The second-order valence-electron chi connectivity index (χ2n) is 7.35. The molecule has 1 aromatic carbocycles. The van der Waals surface area contributed by atoms with Crippen molar-refractivity contribution in [2.45, 2.75) is 19.9 Å². The Morgan fingerprint density at radius 1 is 1.30 bits per heavy atom. The predicted octanol–water partition coefficient (Wildman–Crippen LogP) is 3.92. The van der Waals surface area contributed by atoms with Crippen molar-refractivity contribution in [1.82, 2.24) is 4.90 Å². The van der Waals surface area contributed by atoms with Crippen LogP contribution in [-0.4, -0.2) is 41.5 Å². The number of piperidine rings is 1. The molecule has 0 spiro atoms. The number of thiocarbonyl (C=S) groups is 1. The highest BCUT2D eigenvalue weighted by molar-refractivity contribution is 7.80. The van der Waals surface area contributed by atoms with E-state index in [0.29, 0.717) is 24.7 Å². The van der Waals surface area contributed by atoms with Crippen LogP contribution in [-0.2, 0) is 0 Å². The summed E-state index contributed by atoms with van der Waals surface area (Å²) in [6.07, 6.45) is 9.09. The molecule has 3 heterocycles. The van der Waals surface area contributed by atoms with Gasteiger partial charge in [-0.3, -0.25) is 4.99 Å². The van der Waals surface area contributed by atoms with E-state index in [1.54, 1.807) is 0 Å². The number of benzene rings is 1. The Hall–Kier alpha value is -2.40. The largest absolute Gasteiger partial charge is 0.454 e. The minimum atomic E-state index is 0.296. The number of rotatable bonds is 3. The summed E-state index contributed by atoms with van der Waals surface area (Å²) in [7, 11) is 0. The first-order chi connectivity index (χ1) is 13.2. The van der Waals surface area contributed by atoms with Gasteiger partial charge in [0.25, 0.3) is 0 Å². The molecular formula is C22H22N2O2S. The summed E-state index contributed by atoms with van der Waals surface area (Å²) >= 11 is 5.60. The molecule has 0 N–H and O–H groups in total. The van der Waals surface area contributed by atoms with Gasteiger partial charge >= 0.3 is 0 Å². The summed E-state index contributed by atoms with van der Waals surface area (Å²) in [5, 5.41) is 0. The second-order valence-corrected chi connectivity index (χ2v) is 7.74. The lowest BCUT2D eigenvalue weighted by Crippen LogP contribution is -2.43. The van der Waals surface area contributed by atoms with Crippen LogP contribution in [0.4, 0.5) is 0 Å². The molecule has 0 bridgehead atoms. The fourth-order valence-electron chi connectivity index (χ4n) is 4.18. The van der Waals surface area contributed by atoms with Crippen molar-refractivity contribution in [3.05, 3.63) is 59.2 Å². The molecule has 0 saturated carbocycles. The monoisotopic (exact) mass is 378 g/mol. The zero-order valence-corrected chi connectivity index (χ0v) is 16.3. The molecule has 1 aromatic rings. The quantitative estimate of drug-likeness (QED) is 0.590. The molecule has 1 saturated heterocycles. The number of hydrogen-bond acceptors (Lipinski definition) is 4. The maximum Gasteiger partial charge on any atom is 0.231 e. The highest BCUT2D eigenvalue weighted by atomic mass is 32.1. The lowest BCUT2D eigenvalue weighted by Gasteiger charge is -2.37. The molecule has 0 radical (unpaired) electrons. The van der Waals surface area contributed by atoms with Gasteiger partial charge in [-0.05, 0) is 49.3 Å². The molecule has 1 aliphatic carbocycles. The van der Waals surface area contributed by atoms with Crippen LogP contribution in [0.5, 0.6) is 11.5 Å². The van der Waals surface area contributed by atoms with Gasteiger partial charge in [0.15, 0.2) is 11.5 Å². The van der Waals surface area contributed by atoms with E-state index < -0.39 is 0 Å². The van der Waals surface area contributed by atoms with E-state index in [1.165, 1.54) is 11.1 Å². The third kappa shape index (κ3) is 2.81. The first-order valence-electron chi connectivity index (χ1n) is 9.52. The molecule has 4 aliphatic rings. The lowest BCUT2D eigenvalue weighted by atomic mass is 9.90.